The molecule has 0 aliphatic heterocycles. The van der Waals surface area contributed by atoms with Gasteiger partial charge < -0.3 is 5.73 Å². The van der Waals surface area contributed by atoms with Crippen molar-refractivity contribution in [3.8, 4) is 0 Å². The Morgan fingerprint density at radius 2 is 1.70 bits per heavy atom. The molecule has 0 radical (unpaired) electrons. The van der Waals surface area contributed by atoms with Crippen molar-refractivity contribution in [3.63, 3.8) is 0 Å². The first-order valence-corrected chi connectivity index (χ1v) is 7.60. The Morgan fingerprint density at radius 1 is 1.10 bits per heavy atom. The maximum absolute atomic E-state index is 12.5. The SMILES string of the molecule is Cc1ccc(NS(=O)(=O)c2c(C)cc(N)cc2C)cn1. The van der Waals surface area contributed by atoms with Gasteiger partial charge in [0.2, 0.25) is 0 Å². The summed E-state index contributed by atoms with van der Waals surface area (Å²) >= 11 is 0. The molecule has 0 spiro atoms. The van der Waals surface area contributed by atoms with Crippen LogP contribution in [0.3, 0.4) is 0 Å². The van der Waals surface area contributed by atoms with Gasteiger partial charge in [0.1, 0.15) is 0 Å². The van der Waals surface area contributed by atoms with Crippen molar-refractivity contribution in [2.45, 2.75) is 25.7 Å². The molecule has 20 heavy (non-hydrogen) atoms. The fourth-order valence-electron chi connectivity index (χ4n) is 2.14. The number of nitrogens with two attached hydrogens (primary N) is 1. The number of pyridine rings is 1. The van der Waals surface area contributed by atoms with Gasteiger partial charge in [-0.1, -0.05) is 0 Å². The van der Waals surface area contributed by atoms with Crippen molar-refractivity contribution in [2.24, 2.45) is 0 Å². The van der Waals surface area contributed by atoms with E-state index in [0.29, 0.717) is 22.5 Å². The third-order valence-electron chi connectivity index (χ3n) is 2.91. The van der Waals surface area contributed by atoms with Crippen LogP contribution in [0.2, 0.25) is 0 Å². The topological polar surface area (TPSA) is 85.1 Å². The van der Waals surface area contributed by atoms with Gasteiger partial charge in [-0.05, 0) is 56.2 Å². The van der Waals surface area contributed by atoms with Gasteiger partial charge in [0.05, 0.1) is 16.8 Å². The number of nitrogen functional groups attached to an aromatic ring is 1. The first-order valence-electron chi connectivity index (χ1n) is 6.12. The lowest BCUT2D eigenvalue weighted by atomic mass is 10.1. The Balaban J connectivity index is 2.43. The average molecular weight is 291 g/mol. The van der Waals surface area contributed by atoms with E-state index in [1.807, 2.05) is 6.92 Å². The van der Waals surface area contributed by atoms with Crippen molar-refractivity contribution in [1.29, 1.82) is 0 Å². The molecule has 0 amide bonds. The number of benzene rings is 1. The minimum atomic E-state index is -3.65. The number of rotatable bonds is 3. The van der Waals surface area contributed by atoms with Gasteiger partial charge in [0, 0.05) is 11.4 Å². The summed E-state index contributed by atoms with van der Waals surface area (Å²) in [6, 6.07) is 6.73. The Labute approximate surface area is 118 Å². The first kappa shape index (κ1) is 14.3. The number of hydrogen-bond donors (Lipinski definition) is 2. The summed E-state index contributed by atoms with van der Waals surface area (Å²) in [7, 11) is -3.65. The van der Waals surface area contributed by atoms with Crippen LogP contribution in [0.1, 0.15) is 16.8 Å². The molecule has 2 rings (SSSR count). The van der Waals surface area contributed by atoms with E-state index in [2.05, 4.69) is 9.71 Å². The molecule has 0 saturated heterocycles. The number of hydrogen-bond acceptors (Lipinski definition) is 4. The second-order valence-electron chi connectivity index (χ2n) is 4.78. The van der Waals surface area contributed by atoms with Gasteiger partial charge in [-0.2, -0.15) is 0 Å². The average Bonchev–Trinajstić information content (AvgIpc) is 2.30. The van der Waals surface area contributed by atoms with E-state index < -0.39 is 10.0 Å². The molecule has 1 heterocycles. The van der Waals surface area contributed by atoms with E-state index in [1.165, 1.54) is 6.20 Å². The monoisotopic (exact) mass is 291 g/mol. The van der Waals surface area contributed by atoms with Gasteiger partial charge in [-0.15, -0.1) is 0 Å². The standard InChI is InChI=1S/C14H17N3O2S/c1-9-6-12(15)7-10(2)14(9)20(18,19)17-13-5-4-11(3)16-8-13/h4-8,17H,15H2,1-3H3. The number of aryl methyl sites for hydroxylation is 3. The van der Waals surface area contributed by atoms with Gasteiger partial charge in [0.15, 0.2) is 0 Å². The molecular formula is C14H17N3O2S. The molecule has 3 N–H and O–H groups in total. The highest BCUT2D eigenvalue weighted by atomic mass is 32.2. The van der Waals surface area contributed by atoms with Crippen LogP contribution in [0.25, 0.3) is 0 Å². The van der Waals surface area contributed by atoms with Crippen molar-refractivity contribution in [2.75, 3.05) is 10.5 Å². The van der Waals surface area contributed by atoms with E-state index in [1.54, 1.807) is 38.1 Å². The molecule has 0 atom stereocenters. The molecule has 0 fully saturated rings. The molecule has 5 nitrogen and oxygen atoms in total. The molecule has 0 aliphatic carbocycles. The molecule has 0 aliphatic rings. The quantitative estimate of drug-likeness (QED) is 0.850. The van der Waals surface area contributed by atoms with E-state index in [-0.39, 0.29) is 4.90 Å². The summed E-state index contributed by atoms with van der Waals surface area (Å²) in [6.07, 6.45) is 1.49. The van der Waals surface area contributed by atoms with Crippen LogP contribution in [0, 0.1) is 20.8 Å². The van der Waals surface area contributed by atoms with Gasteiger partial charge in [-0.25, -0.2) is 8.42 Å². The Hall–Kier alpha value is -2.08. The Kier molecular flexibility index (Phi) is 3.67. The van der Waals surface area contributed by atoms with Crippen LogP contribution in [0.15, 0.2) is 35.4 Å². The number of nitrogens with zero attached hydrogens (tertiary/aromatic N) is 1. The summed E-state index contributed by atoms with van der Waals surface area (Å²) in [5, 5.41) is 0. The van der Waals surface area contributed by atoms with Gasteiger partial charge in [-0.3, -0.25) is 9.71 Å². The molecule has 2 aromatic rings. The van der Waals surface area contributed by atoms with Crippen LogP contribution in [-0.2, 0) is 10.0 Å². The third kappa shape index (κ3) is 2.91. The lowest BCUT2D eigenvalue weighted by Crippen LogP contribution is -2.16. The van der Waals surface area contributed by atoms with Crippen LogP contribution < -0.4 is 10.5 Å². The van der Waals surface area contributed by atoms with E-state index in [4.69, 9.17) is 5.73 Å². The molecular weight excluding hydrogens is 274 g/mol. The van der Waals surface area contributed by atoms with Crippen molar-refractivity contribution < 1.29 is 8.42 Å². The number of nitrogens with one attached hydrogen (secondary N) is 1. The number of anilines is 2. The highest BCUT2D eigenvalue weighted by molar-refractivity contribution is 7.92. The highest BCUT2D eigenvalue weighted by Crippen LogP contribution is 2.25. The van der Waals surface area contributed by atoms with Gasteiger partial charge in [0.25, 0.3) is 10.0 Å². The fraction of sp³-hybridized carbons (Fsp3) is 0.214. The lowest BCUT2D eigenvalue weighted by Gasteiger charge is -2.13. The van der Waals surface area contributed by atoms with E-state index >= 15 is 0 Å². The predicted molar refractivity (Wildman–Crippen MR) is 80.1 cm³/mol. The second-order valence-corrected chi connectivity index (χ2v) is 6.40. The largest absolute Gasteiger partial charge is 0.399 e. The fourth-order valence-corrected chi connectivity index (χ4v) is 3.64. The second kappa shape index (κ2) is 5.13. The predicted octanol–water partition coefficient (Wildman–Crippen LogP) is 2.39. The van der Waals surface area contributed by atoms with Crippen LogP contribution in [0.5, 0.6) is 0 Å². The zero-order valence-electron chi connectivity index (χ0n) is 11.6. The number of aromatic nitrogens is 1. The van der Waals surface area contributed by atoms with Crippen molar-refractivity contribution in [1.82, 2.24) is 4.98 Å². The molecule has 106 valence electrons. The minimum absolute atomic E-state index is 0.257. The molecule has 0 unspecified atom stereocenters. The first-order chi connectivity index (χ1) is 9.29. The molecule has 6 heteroatoms. The molecule has 0 bridgehead atoms. The third-order valence-corrected chi connectivity index (χ3v) is 4.60. The number of sulfonamides is 1. The van der Waals surface area contributed by atoms with Crippen molar-refractivity contribution in [3.05, 3.63) is 47.3 Å². The van der Waals surface area contributed by atoms with Crippen LogP contribution in [-0.4, -0.2) is 13.4 Å². The zero-order chi connectivity index (χ0) is 14.9. The smallest absolute Gasteiger partial charge is 0.262 e. The summed E-state index contributed by atoms with van der Waals surface area (Å²) in [4.78, 5) is 4.33. The van der Waals surface area contributed by atoms with Gasteiger partial charge >= 0.3 is 0 Å². The molecule has 0 saturated carbocycles. The Morgan fingerprint density at radius 3 is 2.20 bits per heavy atom. The maximum Gasteiger partial charge on any atom is 0.262 e. The summed E-state index contributed by atoms with van der Waals surface area (Å²) in [6.45, 7) is 5.29. The molecule has 1 aromatic carbocycles. The highest BCUT2D eigenvalue weighted by Gasteiger charge is 2.20. The van der Waals surface area contributed by atoms with E-state index in [0.717, 1.165) is 5.69 Å². The van der Waals surface area contributed by atoms with E-state index in [9.17, 15) is 8.42 Å². The maximum atomic E-state index is 12.5. The molecule has 1 aromatic heterocycles. The summed E-state index contributed by atoms with van der Waals surface area (Å²) in [5.41, 5.74) is 8.77. The zero-order valence-corrected chi connectivity index (χ0v) is 12.5. The Bertz CT molecular complexity index is 715. The van der Waals surface area contributed by atoms with Crippen molar-refractivity contribution >= 4 is 21.4 Å². The lowest BCUT2D eigenvalue weighted by molar-refractivity contribution is 0.600. The van der Waals surface area contributed by atoms with Crippen LogP contribution in [0.4, 0.5) is 11.4 Å². The summed E-state index contributed by atoms with van der Waals surface area (Å²) in [5.74, 6) is 0. The minimum Gasteiger partial charge on any atom is -0.399 e. The summed E-state index contributed by atoms with van der Waals surface area (Å²) < 4.78 is 27.5. The normalized spacial score (nSPS) is 11.3. The van der Waals surface area contributed by atoms with Crippen LogP contribution >= 0.6 is 0 Å².